The van der Waals surface area contributed by atoms with Gasteiger partial charge in [-0.05, 0) is 19.9 Å². The molecule has 17 heavy (non-hydrogen) atoms. The summed E-state index contributed by atoms with van der Waals surface area (Å²) in [4.78, 5) is 8.59. The molecule has 0 saturated carbocycles. The van der Waals surface area contributed by atoms with E-state index in [0.717, 1.165) is 27.8 Å². The van der Waals surface area contributed by atoms with Gasteiger partial charge in [0.05, 0.1) is 25.5 Å². The summed E-state index contributed by atoms with van der Waals surface area (Å²) >= 11 is 1.66. The van der Waals surface area contributed by atoms with Crippen molar-refractivity contribution in [2.24, 2.45) is 0 Å². The first-order valence-corrected chi connectivity index (χ1v) is 6.22. The van der Waals surface area contributed by atoms with E-state index in [1.165, 1.54) is 0 Å². The normalized spacial score (nSPS) is 10.3. The Morgan fingerprint density at radius 1 is 1.35 bits per heavy atom. The standard InChI is InChI=1S/C12H15N3OS/c1-8-4-10(11(16-3)5-13-8)14-6-12-15-9(2)7-17-12/h4-5,7H,6H2,1-3H3,(H,13,14). The van der Waals surface area contributed by atoms with Gasteiger partial charge in [-0.1, -0.05) is 0 Å². The molecule has 2 heterocycles. The van der Waals surface area contributed by atoms with Gasteiger partial charge in [0.15, 0.2) is 5.75 Å². The Kier molecular flexibility index (Phi) is 3.58. The quantitative estimate of drug-likeness (QED) is 0.905. The zero-order chi connectivity index (χ0) is 12.3. The number of nitrogens with one attached hydrogen (secondary N) is 1. The van der Waals surface area contributed by atoms with Crippen LogP contribution in [-0.4, -0.2) is 17.1 Å². The first kappa shape index (κ1) is 11.9. The summed E-state index contributed by atoms with van der Waals surface area (Å²) in [5, 5.41) is 6.43. The molecule has 2 aromatic rings. The van der Waals surface area contributed by atoms with Crippen molar-refractivity contribution in [3.63, 3.8) is 0 Å². The van der Waals surface area contributed by atoms with Gasteiger partial charge in [-0.25, -0.2) is 4.98 Å². The number of aromatic nitrogens is 2. The predicted octanol–water partition coefficient (Wildman–Crippen LogP) is 2.78. The van der Waals surface area contributed by atoms with Gasteiger partial charge in [0.25, 0.3) is 0 Å². The van der Waals surface area contributed by atoms with Gasteiger partial charge in [-0.3, -0.25) is 4.98 Å². The summed E-state index contributed by atoms with van der Waals surface area (Å²) in [6.07, 6.45) is 1.73. The number of ether oxygens (including phenoxy) is 1. The lowest BCUT2D eigenvalue weighted by molar-refractivity contribution is 0.414. The van der Waals surface area contributed by atoms with E-state index in [1.807, 2.05) is 25.3 Å². The molecule has 0 unspecified atom stereocenters. The molecule has 1 N–H and O–H groups in total. The molecule has 0 saturated heterocycles. The van der Waals surface area contributed by atoms with Crippen molar-refractivity contribution in [2.45, 2.75) is 20.4 Å². The molecule has 90 valence electrons. The second-order valence-electron chi connectivity index (χ2n) is 3.76. The molecule has 0 aliphatic rings. The van der Waals surface area contributed by atoms with Crippen LogP contribution in [0.1, 0.15) is 16.4 Å². The van der Waals surface area contributed by atoms with E-state index < -0.39 is 0 Å². The molecule has 0 bridgehead atoms. The van der Waals surface area contributed by atoms with Crippen molar-refractivity contribution in [1.82, 2.24) is 9.97 Å². The number of hydrogen-bond donors (Lipinski definition) is 1. The lowest BCUT2D eigenvalue weighted by Gasteiger charge is -2.10. The third-order valence-corrected chi connectivity index (χ3v) is 3.29. The van der Waals surface area contributed by atoms with Crippen LogP contribution in [0.4, 0.5) is 5.69 Å². The molecular formula is C12H15N3OS. The van der Waals surface area contributed by atoms with Gasteiger partial charge in [0, 0.05) is 16.8 Å². The van der Waals surface area contributed by atoms with Crippen LogP contribution in [0.5, 0.6) is 5.75 Å². The number of anilines is 1. The Morgan fingerprint density at radius 2 is 2.18 bits per heavy atom. The summed E-state index contributed by atoms with van der Waals surface area (Å²) in [5.74, 6) is 0.754. The molecule has 5 heteroatoms. The number of aryl methyl sites for hydroxylation is 2. The molecule has 0 amide bonds. The Hall–Kier alpha value is -1.62. The molecule has 0 fully saturated rings. The summed E-state index contributed by atoms with van der Waals surface area (Å²) in [6, 6.07) is 1.97. The fraction of sp³-hybridized carbons (Fsp3) is 0.333. The number of nitrogens with zero attached hydrogens (tertiary/aromatic N) is 2. The van der Waals surface area contributed by atoms with Gasteiger partial charge in [-0.15, -0.1) is 11.3 Å². The first-order valence-electron chi connectivity index (χ1n) is 5.34. The Bertz CT molecular complexity index is 510. The molecule has 0 aromatic carbocycles. The van der Waals surface area contributed by atoms with E-state index in [1.54, 1.807) is 24.6 Å². The minimum Gasteiger partial charge on any atom is -0.493 e. The molecule has 0 aliphatic heterocycles. The van der Waals surface area contributed by atoms with E-state index in [2.05, 4.69) is 15.3 Å². The van der Waals surface area contributed by atoms with Crippen LogP contribution in [0.2, 0.25) is 0 Å². The van der Waals surface area contributed by atoms with Crippen molar-refractivity contribution in [1.29, 1.82) is 0 Å². The van der Waals surface area contributed by atoms with Crippen LogP contribution in [0.25, 0.3) is 0 Å². The Labute approximate surface area is 105 Å². The minimum absolute atomic E-state index is 0.707. The largest absolute Gasteiger partial charge is 0.493 e. The number of hydrogen-bond acceptors (Lipinski definition) is 5. The van der Waals surface area contributed by atoms with Crippen LogP contribution >= 0.6 is 11.3 Å². The molecule has 2 aromatic heterocycles. The summed E-state index contributed by atoms with van der Waals surface area (Å²) in [7, 11) is 1.64. The molecular weight excluding hydrogens is 234 g/mol. The van der Waals surface area contributed by atoms with Crippen molar-refractivity contribution in [3.05, 3.63) is 34.0 Å². The molecule has 4 nitrogen and oxygen atoms in total. The molecule has 0 radical (unpaired) electrons. The fourth-order valence-electron chi connectivity index (χ4n) is 1.50. The van der Waals surface area contributed by atoms with Crippen molar-refractivity contribution in [3.8, 4) is 5.75 Å². The van der Waals surface area contributed by atoms with Gasteiger partial charge >= 0.3 is 0 Å². The van der Waals surface area contributed by atoms with E-state index in [4.69, 9.17) is 4.74 Å². The van der Waals surface area contributed by atoms with Crippen LogP contribution < -0.4 is 10.1 Å². The maximum absolute atomic E-state index is 5.25. The van der Waals surface area contributed by atoms with E-state index in [-0.39, 0.29) is 0 Å². The highest BCUT2D eigenvalue weighted by Gasteiger charge is 2.05. The third kappa shape index (κ3) is 2.94. The zero-order valence-corrected chi connectivity index (χ0v) is 11.0. The monoisotopic (exact) mass is 249 g/mol. The Balaban J connectivity index is 2.10. The summed E-state index contributed by atoms with van der Waals surface area (Å²) in [5.41, 5.74) is 2.97. The predicted molar refractivity (Wildman–Crippen MR) is 69.7 cm³/mol. The summed E-state index contributed by atoms with van der Waals surface area (Å²) in [6.45, 7) is 4.66. The highest BCUT2D eigenvalue weighted by molar-refractivity contribution is 7.09. The average Bonchev–Trinajstić information content (AvgIpc) is 2.73. The lowest BCUT2D eigenvalue weighted by Crippen LogP contribution is -2.02. The van der Waals surface area contributed by atoms with E-state index in [0.29, 0.717) is 6.54 Å². The molecule has 0 aliphatic carbocycles. The van der Waals surface area contributed by atoms with Gasteiger partial charge in [0.1, 0.15) is 5.01 Å². The maximum atomic E-state index is 5.25. The van der Waals surface area contributed by atoms with Gasteiger partial charge in [0.2, 0.25) is 0 Å². The minimum atomic E-state index is 0.707. The highest BCUT2D eigenvalue weighted by Crippen LogP contribution is 2.24. The topological polar surface area (TPSA) is 47.0 Å². The van der Waals surface area contributed by atoms with Crippen LogP contribution in [-0.2, 0) is 6.54 Å². The molecule has 0 spiro atoms. The molecule has 0 atom stereocenters. The molecule has 2 rings (SSSR count). The van der Waals surface area contributed by atoms with Crippen molar-refractivity contribution < 1.29 is 4.74 Å². The van der Waals surface area contributed by atoms with Crippen molar-refractivity contribution in [2.75, 3.05) is 12.4 Å². The summed E-state index contributed by atoms with van der Waals surface area (Å²) < 4.78 is 5.25. The lowest BCUT2D eigenvalue weighted by atomic mass is 10.3. The van der Waals surface area contributed by atoms with Crippen molar-refractivity contribution >= 4 is 17.0 Å². The number of pyridine rings is 1. The second kappa shape index (κ2) is 5.14. The highest BCUT2D eigenvalue weighted by atomic mass is 32.1. The fourth-order valence-corrected chi connectivity index (χ4v) is 2.21. The van der Waals surface area contributed by atoms with Crippen LogP contribution in [0, 0.1) is 13.8 Å². The number of methoxy groups -OCH3 is 1. The Morgan fingerprint density at radius 3 is 2.82 bits per heavy atom. The second-order valence-corrected chi connectivity index (χ2v) is 4.70. The number of thiazole rings is 1. The van der Waals surface area contributed by atoms with Crippen LogP contribution in [0.15, 0.2) is 17.6 Å². The van der Waals surface area contributed by atoms with E-state index >= 15 is 0 Å². The van der Waals surface area contributed by atoms with E-state index in [9.17, 15) is 0 Å². The smallest absolute Gasteiger partial charge is 0.160 e. The SMILES string of the molecule is COc1cnc(C)cc1NCc1nc(C)cs1. The number of rotatable bonds is 4. The van der Waals surface area contributed by atoms with Crippen LogP contribution in [0.3, 0.4) is 0 Å². The average molecular weight is 249 g/mol. The van der Waals surface area contributed by atoms with Gasteiger partial charge < -0.3 is 10.1 Å². The third-order valence-electron chi connectivity index (χ3n) is 2.32. The first-order chi connectivity index (χ1) is 8.19. The zero-order valence-electron chi connectivity index (χ0n) is 10.2. The maximum Gasteiger partial charge on any atom is 0.160 e. The van der Waals surface area contributed by atoms with Gasteiger partial charge in [-0.2, -0.15) is 0 Å².